The highest BCUT2D eigenvalue weighted by Gasteiger charge is 2.25. The highest BCUT2D eigenvalue weighted by Crippen LogP contribution is 2.39. The Morgan fingerprint density at radius 1 is 1.09 bits per heavy atom. The fourth-order valence-electron chi connectivity index (χ4n) is 3.05. The Morgan fingerprint density at radius 2 is 1.91 bits per heavy atom. The molecule has 114 valence electrons. The summed E-state index contributed by atoms with van der Waals surface area (Å²) < 4.78 is 6.11. The summed E-state index contributed by atoms with van der Waals surface area (Å²) in [6, 6.07) is 14.4. The normalized spacial score (nSPS) is 14.7. The zero-order valence-electron chi connectivity index (χ0n) is 13.3. The molecule has 2 radical (unpaired) electrons. The standard InChI is InChI=1S/C20H18N2O/c1-3-22(4-2)15-10-11-17-19(13-15)23-18-12-9-14-7-5-6-8-16(14)20(18)21-17/h5-8,10-13H,3-4H2,1-2H3. The molecule has 0 amide bonds. The minimum absolute atomic E-state index is 0.771. The Labute approximate surface area is 136 Å². The highest BCUT2D eigenvalue weighted by molar-refractivity contribution is 6.16. The third-order valence-electron chi connectivity index (χ3n) is 4.30. The van der Waals surface area contributed by atoms with Gasteiger partial charge in [0, 0.05) is 36.8 Å². The van der Waals surface area contributed by atoms with Crippen LogP contribution in [0.1, 0.15) is 25.0 Å². The third kappa shape index (κ3) is 2.33. The summed E-state index contributed by atoms with van der Waals surface area (Å²) in [4.78, 5) is 7.12. The summed E-state index contributed by atoms with van der Waals surface area (Å²) in [5, 5.41) is 0. The summed E-state index contributed by atoms with van der Waals surface area (Å²) in [6.45, 7) is 6.26. The van der Waals surface area contributed by atoms with E-state index in [-0.39, 0.29) is 0 Å². The maximum absolute atomic E-state index is 6.11. The summed E-state index contributed by atoms with van der Waals surface area (Å²) in [7, 11) is 0. The van der Waals surface area contributed by atoms with Gasteiger partial charge in [-0.2, -0.15) is 0 Å². The van der Waals surface area contributed by atoms with E-state index in [1.54, 1.807) is 0 Å². The van der Waals surface area contributed by atoms with Crippen molar-refractivity contribution in [3.05, 3.63) is 71.8 Å². The molecule has 3 heteroatoms. The van der Waals surface area contributed by atoms with Crippen molar-refractivity contribution in [1.82, 2.24) is 0 Å². The van der Waals surface area contributed by atoms with E-state index in [1.165, 1.54) is 0 Å². The molecule has 1 heterocycles. The van der Waals surface area contributed by atoms with Gasteiger partial charge < -0.3 is 9.64 Å². The van der Waals surface area contributed by atoms with Crippen LogP contribution < -0.4 is 9.64 Å². The number of aliphatic imine (C=N–C) groups is 1. The number of anilines is 1. The molecule has 0 saturated heterocycles. The largest absolute Gasteiger partial charge is 0.453 e. The molecular formula is C20H18N2O. The van der Waals surface area contributed by atoms with Gasteiger partial charge in [0.2, 0.25) is 0 Å². The van der Waals surface area contributed by atoms with Crippen LogP contribution in [-0.4, -0.2) is 18.8 Å². The number of hydrogen-bond acceptors (Lipinski definition) is 3. The first-order valence-electron chi connectivity index (χ1n) is 8.02. The van der Waals surface area contributed by atoms with Gasteiger partial charge >= 0.3 is 0 Å². The zero-order chi connectivity index (χ0) is 15.8. The number of hydrogen-bond donors (Lipinski definition) is 0. The number of allylic oxidation sites excluding steroid dienone is 2. The van der Waals surface area contributed by atoms with Gasteiger partial charge in [-0.25, -0.2) is 4.99 Å². The molecule has 0 spiro atoms. The molecule has 2 aromatic rings. The Balaban J connectivity index is 1.79. The van der Waals surface area contributed by atoms with Gasteiger partial charge in [0.05, 0.1) is 0 Å². The van der Waals surface area contributed by atoms with Gasteiger partial charge in [0.1, 0.15) is 11.4 Å². The second kappa shape index (κ2) is 5.58. The molecule has 0 aromatic heterocycles. The van der Waals surface area contributed by atoms with Gasteiger partial charge in [-0.1, -0.05) is 24.3 Å². The molecule has 1 aliphatic heterocycles. The smallest absolute Gasteiger partial charge is 0.155 e. The first-order chi connectivity index (χ1) is 11.3. The SMILES string of the molecule is CCN(CC)c1ccc2c(c1)OC1=C[C]c3ccccc3C1=N2. The van der Waals surface area contributed by atoms with Crippen molar-refractivity contribution in [1.29, 1.82) is 0 Å². The first-order valence-corrected chi connectivity index (χ1v) is 8.02. The molecule has 2 aliphatic rings. The lowest BCUT2D eigenvalue weighted by Gasteiger charge is -2.26. The summed E-state index contributed by atoms with van der Waals surface area (Å²) in [6.07, 6.45) is 5.16. The molecule has 0 saturated carbocycles. The fraction of sp³-hybridized carbons (Fsp3) is 0.200. The molecular weight excluding hydrogens is 284 g/mol. The zero-order valence-corrected chi connectivity index (χ0v) is 13.3. The van der Waals surface area contributed by atoms with E-state index in [0.29, 0.717) is 0 Å². The molecule has 0 atom stereocenters. The quantitative estimate of drug-likeness (QED) is 0.841. The third-order valence-corrected chi connectivity index (χ3v) is 4.30. The van der Waals surface area contributed by atoms with E-state index in [1.807, 2.05) is 30.3 Å². The molecule has 1 aliphatic carbocycles. The van der Waals surface area contributed by atoms with Gasteiger partial charge in [-0.3, -0.25) is 0 Å². The lowest BCUT2D eigenvalue weighted by atomic mass is 9.93. The number of nitrogens with zero attached hydrogens (tertiary/aromatic N) is 2. The average molecular weight is 302 g/mol. The van der Waals surface area contributed by atoms with Crippen LogP contribution in [0.5, 0.6) is 5.75 Å². The molecule has 0 unspecified atom stereocenters. The minimum atomic E-state index is 0.771. The van der Waals surface area contributed by atoms with Crippen molar-refractivity contribution in [3.63, 3.8) is 0 Å². The second-order valence-electron chi connectivity index (χ2n) is 5.59. The maximum Gasteiger partial charge on any atom is 0.155 e. The predicted octanol–water partition coefficient (Wildman–Crippen LogP) is 4.37. The second-order valence-corrected chi connectivity index (χ2v) is 5.59. The topological polar surface area (TPSA) is 24.8 Å². The first kappa shape index (κ1) is 14.1. The Kier molecular flexibility index (Phi) is 3.41. The summed E-state index contributed by atoms with van der Waals surface area (Å²) >= 11 is 0. The maximum atomic E-state index is 6.11. The molecule has 0 N–H and O–H groups in total. The van der Waals surface area contributed by atoms with E-state index >= 15 is 0 Å². The van der Waals surface area contributed by atoms with Crippen LogP contribution in [0.3, 0.4) is 0 Å². The van der Waals surface area contributed by atoms with Crippen molar-refractivity contribution in [2.45, 2.75) is 13.8 Å². The fourth-order valence-corrected chi connectivity index (χ4v) is 3.05. The highest BCUT2D eigenvalue weighted by atomic mass is 16.5. The van der Waals surface area contributed by atoms with Crippen molar-refractivity contribution in [2.75, 3.05) is 18.0 Å². The van der Waals surface area contributed by atoms with Gasteiger partial charge in [0.15, 0.2) is 11.5 Å². The van der Waals surface area contributed by atoms with E-state index < -0.39 is 0 Å². The van der Waals surface area contributed by atoms with E-state index in [0.717, 1.165) is 52.8 Å². The summed E-state index contributed by atoms with van der Waals surface area (Å²) in [5.41, 5.74) is 5.06. The molecule has 2 aromatic carbocycles. The molecule has 0 bridgehead atoms. The molecule has 4 rings (SSSR count). The summed E-state index contributed by atoms with van der Waals surface area (Å²) in [5.74, 6) is 1.58. The molecule has 0 fully saturated rings. The number of rotatable bonds is 3. The van der Waals surface area contributed by atoms with Crippen molar-refractivity contribution in [3.8, 4) is 5.75 Å². The number of fused-ring (bicyclic) bond motifs is 4. The van der Waals surface area contributed by atoms with Crippen molar-refractivity contribution in [2.24, 2.45) is 4.99 Å². The van der Waals surface area contributed by atoms with Crippen molar-refractivity contribution >= 4 is 17.1 Å². The number of benzene rings is 2. The lowest BCUT2D eigenvalue weighted by molar-refractivity contribution is 0.449. The van der Waals surface area contributed by atoms with Gasteiger partial charge in [-0.15, -0.1) is 0 Å². The Morgan fingerprint density at radius 3 is 2.74 bits per heavy atom. The van der Waals surface area contributed by atoms with Crippen LogP contribution in [0.4, 0.5) is 11.4 Å². The Bertz CT molecular complexity index is 816. The Hall–Kier alpha value is -2.55. The monoisotopic (exact) mass is 302 g/mol. The predicted molar refractivity (Wildman–Crippen MR) is 93.7 cm³/mol. The van der Waals surface area contributed by atoms with Crippen LogP contribution in [-0.2, 0) is 0 Å². The minimum Gasteiger partial charge on any atom is -0.453 e. The van der Waals surface area contributed by atoms with Gasteiger partial charge in [0.25, 0.3) is 0 Å². The van der Waals surface area contributed by atoms with Crippen LogP contribution in [0.15, 0.2) is 59.3 Å². The lowest BCUT2D eigenvalue weighted by Crippen LogP contribution is -2.22. The van der Waals surface area contributed by atoms with E-state index in [2.05, 4.69) is 43.4 Å². The van der Waals surface area contributed by atoms with E-state index in [4.69, 9.17) is 9.73 Å². The van der Waals surface area contributed by atoms with Crippen LogP contribution in [0.2, 0.25) is 0 Å². The van der Waals surface area contributed by atoms with Crippen LogP contribution in [0.25, 0.3) is 0 Å². The molecule has 3 nitrogen and oxygen atoms in total. The van der Waals surface area contributed by atoms with Gasteiger partial charge in [-0.05, 0) is 37.6 Å². The average Bonchev–Trinajstić information content (AvgIpc) is 2.61. The van der Waals surface area contributed by atoms with Crippen molar-refractivity contribution < 1.29 is 4.74 Å². The van der Waals surface area contributed by atoms with Crippen LogP contribution in [0, 0.1) is 6.42 Å². The van der Waals surface area contributed by atoms with E-state index in [9.17, 15) is 0 Å². The molecule has 23 heavy (non-hydrogen) atoms. The number of ether oxygens (including phenoxy) is 1. The van der Waals surface area contributed by atoms with Crippen LogP contribution >= 0.6 is 0 Å².